The molecule has 29 heavy (non-hydrogen) atoms. The van der Waals surface area contributed by atoms with Crippen molar-refractivity contribution in [3.63, 3.8) is 0 Å². The summed E-state index contributed by atoms with van der Waals surface area (Å²) < 4.78 is 31.4. The van der Waals surface area contributed by atoms with Gasteiger partial charge < -0.3 is 15.0 Å². The standard InChI is InChI=1S/C21H20F2N2O4/c1-13(14-5-3-2-4-6-14)25-11-15(9-20(25)27)21(28)29-12-19(26)24-18-8-7-16(22)10-17(18)23/h2-8,10,13,15H,9,11-12H2,1H3,(H,24,26)/t13-,15-/m0/s1. The van der Waals surface area contributed by atoms with Gasteiger partial charge in [0, 0.05) is 19.0 Å². The Morgan fingerprint density at radius 3 is 2.62 bits per heavy atom. The van der Waals surface area contributed by atoms with Crippen LogP contribution in [-0.4, -0.2) is 35.8 Å². The molecule has 2 aromatic rings. The number of halogens is 2. The van der Waals surface area contributed by atoms with Crippen LogP contribution in [0.25, 0.3) is 0 Å². The van der Waals surface area contributed by atoms with Crippen LogP contribution >= 0.6 is 0 Å². The van der Waals surface area contributed by atoms with E-state index in [1.165, 1.54) is 0 Å². The second-order valence-electron chi connectivity index (χ2n) is 6.81. The van der Waals surface area contributed by atoms with Gasteiger partial charge in [0.1, 0.15) is 11.6 Å². The first kappa shape index (κ1) is 20.4. The molecule has 2 aromatic carbocycles. The molecule has 0 unspecified atom stereocenters. The highest BCUT2D eigenvalue weighted by Crippen LogP contribution is 2.29. The summed E-state index contributed by atoms with van der Waals surface area (Å²) in [4.78, 5) is 38.0. The summed E-state index contributed by atoms with van der Waals surface area (Å²) in [5, 5.41) is 2.21. The van der Waals surface area contributed by atoms with Crippen LogP contribution in [-0.2, 0) is 19.1 Å². The van der Waals surface area contributed by atoms with Crippen molar-refractivity contribution in [3.8, 4) is 0 Å². The second-order valence-corrected chi connectivity index (χ2v) is 6.81. The highest BCUT2D eigenvalue weighted by Gasteiger charge is 2.38. The van der Waals surface area contributed by atoms with Crippen LogP contribution in [0.4, 0.5) is 14.5 Å². The highest BCUT2D eigenvalue weighted by atomic mass is 19.1. The summed E-state index contributed by atoms with van der Waals surface area (Å²) in [6.45, 7) is 1.45. The molecule has 1 N–H and O–H groups in total. The predicted octanol–water partition coefficient (Wildman–Crippen LogP) is 3.06. The molecular weight excluding hydrogens is 382 g/mol. The van der Waals surface area contributed by atoms with E-state index in [0.717, 1.165) is 17.7 Å². The number of ether oxygens (including phenoxy) is 1. The molecule has 1 heterocycles. The Morgan fingerprint density at radius 2 is 1.93 bits per heavy atom. The third-order valence-electron chi connectivity index (χ3n) is 4.79. The molecule has 0 bridgehead atoms. The molecule has 6 nitrogen and oxygen atoms in total. The van der Waals surface area contributed by atoms with E-state index < -0.39 is 36.0 Å². The lowest BCUT2D eigenvalue weighted by atomic mass is 10.1. The molecule has 0 aromatic heterocycles. The fraction of sp³-hybridized carbons (Fsp3) is 0.286. The van der Waals surface area contributed by atoms with Gasteiger partial charge in [-0.25, -0.2) is 8.78 Å². The van der Waals surface area contributed by atoms with Gasteiger partial charge in [0.25, 0.3) is 5.91 Å². The maximum atomic E-state index is 13.6. The molecular formula is C21H20F2N2O4. The number of benzene rings is 2. The average molecular weight is 402 g/mol. The van der Waals surface area contributed by atoms with E-state index in [1.807, 2.05) is 37.3 Å². The van der Waals surface area contributed by atoms with Gasteiger partial charge in [-0.15, -0.1) is 0 Å². The zero-order valence-electron chi connectivity index (χ0n) is 15.7. The number of hydrogen-bond donors (Lipinski definition) is 1. The van der Waals surface area contributed by atoms with Crippen LogP contribution in [0.3, 0.4) is 0 Å². The molecule has 8 heteroatoms. The van der Waals surface area contributed by atoms with Gasteiger partial charge in [0.15, 0.2) is 6.61 Å². The lowest BCUT2D eigenvalue weighted by molar-refractivity contribution is -0.151. The fourth-order valence-corrected chi connectivity index (χ4v) is 3.21. The predicted molar refractivity (Wildman–Crippen MR) is 101 cm³/mol. The van der Waals surface area contributed by atoms with E-state index in [1.54, 1.807) is 4.90 Å². The maximum Gasteiger partial charge on any atom is 0.311 e. The van der Waals surface area contributed by atoms with Crippen LogP contribution in [0.5, 0.6) is 0 Å². The summed E-state index contributed by atoms with van der Waals surface area (Å²) in [7, 11) is 0. The van der Waals surface area contributed by atoms with Crippen molar-refractivity contribution in [3.05, 3.63) is 65.7 Å². The number of esters is 1. The lowest BCUT2D eigenvalue weighted by Crippen LogP contribution is -2.30. The van der Waals surface area contributed by atoms with Gasteiger partial charge in [0.05, 0.1) is 17.6 Å². The number of nitrogens with zero attached hydrogens (tertiary/aromatic N) is 1. The third kappa shape index (κ3) is 4.96. The van der Waals surface area contributed by atoms with Crippen molar-refractivity contribution in [1.82, 2.24) is 4.90 Å². The molecule has 1 aliphatic heterocycles. The van der Waals surface area contributed by atoms with E-state index in [2.05, 4.69) is 5.32 Å². The molecule has 1 saturated heterocycles. The van der Waals surface area contributed by atoms with Gasteiger partial charge >= 0.3 is 5.97 Å². The summed E-state index contributed by atoms with van der Waals surface area (Å²) in [6, 6.07) is 12.0. The first-order valence-corrected chi connectivity index (χ1v) is 9.11. The van der Waals surface area contributed by atoms with Gasteiger partial charge in [-0.05, 0) is 24.6 Å². The minimum Gasteiger partial charge on any atom is -0.455 e. The van der Waals surface area contributed by atoms with Crippen molar-refractivity contribution in [2.24, 2.45) is 5.92 Å². The number of carbonyl (C=O) groups is 3. The van der Waals surface area contributed by atoms with Crippen LogP contribution in [0.15, 0.2) is 48.5 Å². The van der Waals surface area contributed by atoms with Crippen molar-refractivity contribution in [1.29, 1.82) is 0 Å². The minimum atomic E-state index is -0.934. The van der Waals surface area contributed by atoms with Crippen molar-refractivity contribution in [2.75, 3.05) is 18.5 Å². The quantitative estimate of drug-likeness (QED) is 0.754. The summed E-state index contributed by atoms with van der Waals surface area (Å²) >= 11 is 0. The Hall–Kier alpha value is -3.29. The molecule has 0 radical (unpaired) electrons. The molecule has 1 fully saturated rings. The topological polar surface area (TPSA) is 75.7 Å². The van der Waals surface area contributed by atoms with E-state index in [-0.39, 0.29) is 30.6 Å². The second kappa shape index (κ2) is 8.81. The summed E-state index contributed by atoms with van der Waals surface area (Å²) in [5.41, 5.74) is 0.738. The van der Waals surface area contributed by atoms with Crippen LogP contribution in [0.2, 0.25) is 0 Å². The highest BCUT2D eigenvalue weighted by molar-refractivity contribution is 5.93. The third-order valence-corrected chi connectivity index (χ3v) is 4.79. The van der Waals surface area contributed by atoms with Gasteiger partial charge in [0.2, 0.25) is 5.91 Å². The number of carbonyl (C=O) groups excluding carboxylic acids is 3. The van der Waals surface area contributed by atoms with E-state index >= 15 is 0 Å². The summed E-state index contributed by atoms with van der Waals surface area (Å²) in [5.74, 6) is -3.98. The molecule has 2 amide bonds. The first-order valence-electron chi connectivity index (χ1n) is 9.11. The van der Waals surface area contributed by atoms with Crippen molar-refractivity contribution < 1.29 is 27.9 Å². The number of likely N-dealkylation sites (tertiary alicyclic amines) is 1. The molecule has 0 saturated carbocycles. The molecule has 0 aliphatic carbocycles. The number of hydrogen-bond acceptors (Lipinski definition) is 4. The molecule has 3 rings (SSSR count). The number of anilines is 1. The minimum absolute atomic E-state index is 0.00418. The molecule has 1 aliphatic rings. The van der Waals surface area contributed by atoms with Gasteiger partial charge in [-0.1, -0.05) is 30.3 Å². The molecule has 2 atom stereocenters. The lowest BCUT2D eigenvalue weighted by Gasteiger charge is -2.25. The van der Waals surface area contributed by atoms with Crippen molar-refractivity contribution >= 4 is 23.5 Å². The van der Waals surface area contributed by atoms with Crippen LogP contribution in [0, 0.1) is 17.6 Å². The van der Waals surface area contributed by atoms with E-state index in [0.29, 0.717) is 6.07 Å². The van der Waals surface area contributed by atoms with E-state index in [9.17, 15) is 23.2 Å². The number of amides is 2. The fourth-order valence-electron chi connectivity index (χ4n) is 3.21. The SMILES string of the molecule is C[C@@H](c1ccccc1)N1C[C@@H](C(=O)OCC(=O)Nc2ccc(F)cc2F)CC1=O. The zero-order chi connectivity index (χ0) is 21.0. The maximum absolute atomic E-state index is 13.6. The summed E-state index contributed by atoms with van der Waals surface area (Å²) in [6.07, 6.45) is 0.00418. The zero-order valence-corrected chi connectivity index (χ0v) is 15.7. The molecule has 152 valence electrons. The van der Waals surface area contributed by atoms with Gasteiger partial charge in [-0.2, -0.15) is 0 Å². The Kier molecular flexibility index (Phi) is 6.21. The Morgan fingerprint density at radius 1 is 1.21 bits per heavy atom. The Labute approximate surface area is 166 Å². The molecule has 0 spiro atoms. The van der Waals surface area contributed by atoms with E-state index in [4.69, 9.17) is 4.74 Å². The van der Waals surface area contributed by atoms with Crippen LogP contribution in [0.1, 0.15) is 24.9 Å². The monoisotopic (exact) mass is 402 g/mol. The first-order chi connectivity index (χ1) is 13.8. The van der Waals surface area contributed by atoms with Crippen molar-refractivity contribution in [2.45, 2.75) is 19.4 Å². The normalized spacial score (nSPS) is 17.1. The van der Waals surface area contributed by atoms with Crippen LogP contribution < -0.4 is 5.32 Å². The number of rotatable bonds is 6. The smallest absolute Gasteiger partial charge is 0.311 e. The average Bonchev–Trinajstić information content (AvgIpc) is 3.10. The Balaban J connectivity index is 1.52. The number of nitrogens with one attached hydrogen (secondary N) is 1. The Bertz CT molecular complexity index is 920. The van der Waals surface area contributed by atoms with Gasteiger partial charge in [-0.3, -0.25) is 14.4 Å². The largest absolute Gasteiger partial charge is 0.455 e.